The van der Waals surface area contributed by atoms with Gasteiger partial charge in [0.15, 0.2) is 8.46 Å². The van der Waals surface area contributed by atoms with Gasteiger partial charge in [0, 0.05) is 0 Å². The summed E-state index contributed by atoms with van der Waals surface area (Å²) in [6.45, 7) is 5.61. The fourth-order valence-electron chi connectivity index (χ4n) is 0.509. The lowest BCUT2D eigenvalue weighted by atomic mass is 10.2. The van der Waals surface area contributed by atoms with Crippen molar-refractivity contribution in [2.75, 3.05) is 0 Å². The molecule has 0 aromatic carbocycles. The molecule has 1 atom stereocenters. The van der Waals surface area contributed by atoms with E-state index in [1.807, 2.05) is 0 Å². The van der Waals surface area contributed by atoms with Crippen molar-refractivity contribution in [1.29, 1.82) is 0 Å². The van der Waals surface area contributed by atoms with E-state index in [1.54, 1.807) is 6.08 Å². The molecule has 0 aromatic heterocycles. The Kier molecular flexibility index (Phi) is 4.89. The van der Waals surface area contributed by atoms with Crippen LogP contribution in [0.4, 0.5) is 0 Å². The van der Waals surface area contributed by atoms with Gasteiger partial charge in [-0.15, -0.1) is 6.58 Å². The molecule has 0 radical (unpaired) electrons. The third-order valence-electron chi connectivity index (χ3n) is 0.992. The summed E-state index contributed by atoms with van der Waals surface area (Å²) in [6, 6.07) is 0. The van der Waals surface area contributed by atoms with Crippen LogP contribution < -0.4 is 0 Å². The molecule has 1 nitrogen and oxygen atoms in total. The van der Waals surface area contributed by atoms with E-state index >= 15 is 0 Å². The van der Waals surface area contributed by atoms with Crippen molar-refractivity contribution < 1.29 is 4.57 Å². The molecule has 0 rings (SSSR count). The predicted octanol–water partition coefficient (Wildman–Crippen LogP) is 2.63. The van der Waals surface area contributed by atoms with Gasteiger partial charge in [-0.1, -0.05) is 19.4 Å². The molecule has 1 unspecified atom stereocenters. The van der Waals surface area contributed by atoms with Crippen molar-refractivity contribution in [3.8, 4) is 0 Å². The van der Waals surface area contributed by atoms with Gasteiger partial charge in [-0.25, -0.2) is 0 Å². The lowest BCUT2D eigenvalue weighted by Gasteiger charge is -1.95. The zero-order valence-electron chi connectivity index (χ0n) is 5.13. The van der Waals surface area contributed by atoms with Gasteiger partial charge in [0.2, 0.25) is 0 Å². The van der Waals surface area contributed by atoms with Crippen LogP contribution in [0.2, 0.25) is 0 Å². The van der Waals surface area contributed by atoms with Gasteiger partial charge in [-0.3, -0.25) is 4.57 Å². The standard InChI is InChI=1S/C6H11OP/c1-3-5-6(4-2)8-7/h4,6H,2-3,5H2,1H3. The second-order valence-electron chi connectivity index (χ2n) is 1.70. The highest BCUT2D eigenvalue weighted by atomic mass is 31.1. The smallest absolute Gasteiger partial charge is 0.162 e. The van der Waals surface area contributed by atoms with E-state index in [0.29, 0.717) is 0 Å². The maximum Gasteiger partial charge on any atom is 0.162 e. The first-order valence-electron chi connectivity index (χ1n) is 2.80. The molecule has 0 spiro atoms. The Hall–Kier alpha value is -0.160. The zero-order valence-corrected chi connectivity index (χ0v) is 6.03. The highest BCUT2D eigenvalue weighted by molar-refractivity contribution is 7.25. The van der Waals surface area contributed by atoms with E-state index in [-0.39, 0.29) is 14.1 Å². The number of hydrogen-bond donors (Lipinski definition) is 0. The lowest BCUT2D eigenvalue weighted by Crippen LogP contribution is -1.89. The average Bonchev–Trinajstić information content (AvgIpc) is 1.83. The summed E-state index contributed by atoms with van der Waals surface area (Å²) < 4.78 is 10.2. The lowest BCUT2D eigenvalue weighted by molar-refractivity contribution is 0.592. The Bertz CT molecular complexity index is 72.6. The van der Waals surface area contributed by atoms with E-state index < -0.39 is 0 Å². The van der Waals surface area contributed by atoms with Crippen molar-refractivity contribution in [2.24, 2.45) is 0 Å². The van der Waals surface area contributed by atoms with Crippen LogP contribution >= 0.6 is 8.46 Å². The molecule has 0 amide bonds. The van der Waals surface area contributed by atoms with Crippen LogP contribution in [0.3, 0.4) is 0 Å². The van der Waals surface area contributed by atoms with Gasteiger partial charge in [0.05, 0.1) is 5.66 Å². The maximum atomic E-state index is 10.2. The van der Waals surface area contributed by atoms with Gasteiger partial charge >= 0.3 is 0 Å². The van der Waals surface area contributed by atoms with Gasteiger partial charge in [-0.05, 0) is 6.42 Å². The van der Waals surface area contributed by atoms with Crippen LogP contribution in [0.15, 0.2) is 12.7 Å². The van der Waals surface area contributed by atoms with Gasteiger partial charge in [0.1, 0.15) is 0 Å². The first-order valence-corrected chi connectivity index (χ1v) is 3.68. The third kappa shape index (κ3) is 2.92. The minimum absolute atomic E-state index is 0.181. The molecule has 0 aromatic rings. The van der Waals surface area contributed by atoms with E-state index in [1.165, 1.54) is 0 Å². The van der Waals surface area contributed by atoms with Crippen LogP contribution in [-0.4, -0.2) is 5.66 Å². The molecule has 0 aliphatic heterocycles. The molecule has 0 saturated carbocycles. The van der Waals surface area contributed by atoms with Crippen molar-refractivity contribution in [2.45, 2.75) is 25.4 Å². The fourth-order valence-corrected chi connectivity index (χ4v) is 0.959. The minimum Gasteiger partial charge on any atom is -0.274 e. The summed E-state index contributed by atoms with van der Waals surface area (Å²) in [5.41, 5.74) is 0.181. The Morgan fingerprint density at radius 1 is 1.88 bits per heavy atom. The summed E-state index contributed by atoms with van der Waals surface area (Å²) in [5, 5.41) is 0. The topological polar surface area (TPSA) is 17.1 Å². The molecule has 46 valence electrons. The van der Waals surface area contributed by atoms with Crippen LogP contribution in [0.1, 0.15) is 19.8 Å². The quantitative estimate of drug-likeness (QED) is 0.422. The molecule has 0 saturated heterocycles. The van der Waals surface area contributed by atoms with Crippen LogP contribution in [-0.2, 0) is 4.57 Å². The highest BCUT2D eigenvalue weighted by Crippen LogP contribution is 2.12. The van der Waals surface area contributed by atoms with E-state index in [0.717, 1.165) is 12.8 Å². The molecular formula is C6H11OP. The zero-order chi connectivity index (χ0) is 6.41. The first-order chi connectivity index (χ1) is 3.85. The molecule has 0 aliphatic carbocycles. The first kappa shape index (κ1) is 7.84. The van der Waals surface area contributed by atoms with E-state index in [9.17, 15) is 4.57 Å². The summed E-state index contributed by atoms with van der Waals surface area (Å²) in [5.74, 6) is 0. The Morgan fingerprint density at radius 2 is 2.50 bits per heavy atom. The molecule has 0 N–H and O–H groups in total. The van der Waals surface area contributed by atoms with E-state index in [2.05, 4.69) is 13.5 Å². The average molecular weight is 130 g/mol. The van der Waals surface area contributed by atoms with Crippen LogP contribution in [0, 0.1) is 0 Å². The van der Waals surface area contributed by atoms with E-state index in [4.69, 9.17) is 0 Å². The van der Waals surface area contributed by atoms with Crippen molar-refractivity contribution in [3.63, 3.8) is 0 Å². The number of allylic oxidation sites excluding steroid dienone is 1. The molecular weight excluding hydrogens is 119 g/mol. The summed E-state index contributed by atoms with van der Waals surface area (Å²) >= 11 is 0. The number of rotatable bonds is 4. The monoisotopic (exact) mass is 130 g/mol. The molecule has 0 aliphatic rings. The van der Waals surface area contributed by atoms with Gasteiger partial charge < -0.3 is 0 Å². The second kappa shape index (κ2) is 4.99. The predicted molar refractivity (Wildman–Crippen MR) is 36.5 cm³/mol. The third-order valence-corrected chi connectivity index (χ3v) is 1.73. The van der Waals surface area contributed by atoms with Gasteiger partial charge in [0.25, 0.3) is 0 Å². The van der Waals surface area contributed by atoms with Crippen molar-refractivity contribution in [1.82, 2.24) is 0 Å². The summed E-state index contributed by atoms with van der Waals surface area (Å²) in [7, 11) is 0.207. The molecule has 8 heavy (non-hydrogen) atoms. The van der Waals surface area contributed by atoms with Gasteiger partial charge in [-0.2, -0.15) is 0 Å². The second-order valence-corrected chi connectivity index (χ2v) is 2.57. The molecule has 0 fully saturated rings. The fraction of sp³-hybridized carbons (Fsp3) is 0.667. The maximum absolute atomic E-state index is 10.2. The Balaban J connectivity index is 3.35. The number of hydrogen-bond acceptors (Lipinski definition) is 1. The largest absolute Gasteiger partial charge is 0.274 e. The molecule has 0 heterocycles. The minimum atomic E-state index is 0.181. The summed E-state index contributed by atoms with van der Waals surface area (Å²) in [6.07, 6.45) is 3.79. The summed E-state index contributed by atoms with van der Waals surface area (Å²) in [4.78, 5) is 0. The van der Waals surface area contributed by atoms with Crippen molar-refractivity contribution in [3.05, 3.63) is 12.7 Å². The molecule has 2 heteroatoms. The highest BCUT2D eigenvalue weighted by Gasteiger charge is 1.98. The van der Waals surface area contributed by atoms with Crippen LogP contribution in [0.25, 0.3) is 0 Å². The molecule has 0 bridgehead atoms. The SMILES string of the molecule is C=CC(CCC)P=O. The van der Waals surface area contributed by atoms with Crippen molar-refractivity contribution >= 4 is 8.46 Å². The van der Waals surface area contributed by atoms with Crippen LogP contribution in [0.5, 0.6) is 0 Å². The Morgan fingerprint density at radius 3 is 2.62 bits per heavy atom. The Labute approximate surface area is 52.0 Å². The normalized spacial score (nSPS) is 13.6.